The van der Waals surface area contributed by atoms with Crippen LogP contribution in [0.3, 0.4) is 0 Å². The van der Waals surface area contributed by atoms with Gasteiger partial charge in [0.1, 0.15) is 0 Å². The zero-order valence-electron chi connectivity index (χ0n) is 11.0. The van der Waals surface area contributed by atoms with Crippen LogP contribution in [-0.2, 0) is 10.3 Å². The maximum absolute atomic E-state index is 11.5. The summed E-state index contributed by atoms with van der Waals surface area (Å²) < 4.78 is 1.52. The minimum Gasteiger partial charge on any atom is -0.479 e. The van der Waals surface area contributed by atoms with Crippen molar-refractivity contribution in [3.05, 3.63) is 5.82 Å². The molecular formula is C12H20N4O2. The molecule has 1 aromatic heterocycles. The average Bonchev–Trinajstić information content (AvgIpc) is 2.88. The molecule has 1 atom stereocenters. The molecule has 1 fully saturated rings. The van der Waals surface area contributed by atoms with Gasteiger partial charge in [0.05, 0.1) is 0 Å². The van der Waals surface area contributed by atoms with Crippen LogP contribution in [0.1, 0.15) is 64.1 Å². The molecule has 0 saturated heterocycles. The van der Waals surface area contributed by atoms with Crippen LogP contribution >= 0.6 is 0 Å². The molecule has 1 aliphatic carbocycles. The third-order valence-electron chi connectivity index (χ3n) is 4.08. The molecular weight excluding hydrogens is 232 g/mol. The number of carboxylic acids is 1. The van der Waals surface area contributed by atoms with E-state index >= 15 is 0 Å². The molecule has 1 aromatic rings. The van der Waals surface area contributed by atoms with E-state index in [1.54, 1.807) is 6.92 Å². The van der Waals surface area contributed by atoms with Crippen LogP contribution in [0, 0.1) is 0 Å². The summed E-state index contributed by atoms with van der Waals surface area (Å²) in [6.45, 7) is 3.53. The van der Waals surface area contributed by atoms with Gasteiger partial charge in [-0.05, 0) is 36.6 Å². The highest BCUT2D eigenvalue weighted by atomic mass is 16.4. The molecule has 6 nitrogen and oxygen atoms in total. The summed E-state index contributed by atoms with van der Waals surface area (Å²) in [6.07, 6.45) is 6.18. The van der Waals surface area contributed by atoms with Crippen LogP contribution in [0.15, 0.2) is 0 Å². The van der Waals surface area contributed by atoms with Gasteiger partial charge < -0.3 is 5.11 Å². The van der Waals surface area contributed by atoms with Gasteiger partial charge in [-0.15, -0.1) is 5.10 Å². The molecule has 18 heavy (non-hydrogen) atoms. The van der Waals surface area contributed by atoms with Gasteiger partial charge in [0, 0.05) is 5.92 Å². The standard InChI is InChI=1S/C12H20N4O2/c1-3-12(2,11(17)18)16-10(13-14-15-16)9-7-5-4-6-8-9/h9H,3-8H2,1-2H3,(H,17,18). The number of hydrogen-bond donors (Lipinski definition) is 1. The first-order chi connectivity index (χ1) is 8.59. The topological polar surface area (TPSA) is 80.9 Å². The SMILES string of the molecule is CCC(C)(C(=O)O)n1nnnc1C1CCCCC1. The Morgan fingerprint density at radius 1 is 1.44 bits per heavy atom. The zero-order chi connectivity index (χ0) is 13.2. The third-order valence-corrected chi connectivity index (χ3v) is 4.08. The van der Waals surface area contributed by atoms with E-state index in [1.165, 1.54) is 23.9 Å². The lowest BCUT2D eigenvalue weighted by atomic mass is 9.88. The molecule has 0 aliphatic heterocycles. The van der Waals surface area contributed by atoms with Crippen LogP contribution in [0.25, 0.3) is 0 Å². The van der Waals surface area contributed by atoms with Gasteiger partial charge in [-0.2, -0.15) is 0 Å². The van der Waals surface area contributed by atoms with Gasteiger partial charge in [-0.25, -0.2) is 9.48 Å². The van der Waals surface area contributed by atoms with Gasteiger partial charge in [0.2, 0.25) is 0 Å². The van der Waals surface area contributed by atoms with E-state index in [4.69, 9.17) is 0 Å². The lowest BCUT2D eigenvalue weighted by molar-refractivity contribution is -0.147. The summed E-state index contributed by atoms with van der Waals surface area (Å²) >= 11 is 0. The van der Waals surface area contributed by atoms with E-state index in [2.05, 4.69) is 15.5 Å². The number of tetrazole rings is 1. The second kappa shape index (κ2) is 5.04. The number of aliphatic carboxylic acids is 1. The Balaban J connectivity index is 2.34. The van der Waals surface area contributed by atoms with Gasteiger partial charge in [-0.3, -0.25) is 0 Å². The van der Waals surface area contributed by atoms with Crippen LogP contribution in [-0.4, -0.2) is 31.3 Å². The number of carbonyl (C=O) groups is 1. The number of carboxylic acid groups (broad SMARTS) is 1. The summed E-state index contributed by atoms with van der Waals surface area (Å²) in [5.74, 6) is 0.162. The minimum absolute atomic E-state index is 0.305. The maximum atomic E-state index is 11.5. The molecule has 0 spiro atoms. The van der Waals surface area contributed by atoms with Crippen LogP contribution in [0.4, 0.5) is 0 Å². The predicted octanol–water partition coefficient (Wildman–Crippen LogP) is 1.93. The van der Waals surface area contributed by atoms with Crippen molar-refractivity contribution >= 4 is 5.97 Å². The third kappa shape index (κ3) is 2.11. The van der Waals surface area contributed by atoms with E-state index in [0.717, 1.165) is 18.7 Å². The number of rotatable bonds is 4. The highest BCUT2D eigenvalue weighted by Crippen LogP contribution is 2.33. The van der Waals surface area contributed by atoms with Crippen LogP contribution in [0.2, 0.25) is 0 Å². The molecule has 0 radical (unpaired) electrons. The first-order valence-corrected chi connectivity index (χ1v) is 6.61. The van der Waals surface area contributed by atoms with Crippen LogP contribution in [0.5, 0.6) is 0 Å². The summed E-state index contributed by atoms with van der Waals surface area (Å²) in [6, 6.07) is 0. The van der Waals surface area contributed by atoms with Crippen molar-refractivity contribution in [1.82, 2.24) is 20.2 Å². The molecule has 1 heterocycles. The molecule has 1 saturated carbocycles. The Kier molecular flexibility index (Phi) is 3.63. The van der Waals surface area contributed by atoms with E-state index in [9.17, 15) is 9.90 Å². The predicted molar refractivity (Wildman–Crippen MR) is 65.2 cm³/mol. The van der Waals surface area contributed by atoms with E-state index in [0.29, 0.717) is 12.3 Å². The Labute approximate surface area is 106 Å². The quantitative estimate of drug-likeness (QED) is 0.885. The Bertz CT molecular complexity index is 425. The van der Waals surface area contributed by atoms with E-state index in [-0.39, 0.29) is 0 Å². The van der Waals surface area contributed by atoms with Gasteiger partial charge in [0.25, 0.3) is 0 Å². The van der Waals surface area contributed by atoms with Crippen molar-refractivity contribution < 1.29 is 9.90 Å². The van der Waals surface area contributed by atoms with Crippen molar-refractivity contribution in [3.8, 4) is 0 Å². The average molecular weight is 252 g/mol. The normalized spacial score (nSPS) is 20.6. The number of nitrogens with zero attached hydrogens (tertiary/aromatic N) is 4. The molecule has 0 amide bonds. The van der Waals surface area contributed by atoms with E-state index in [1.807, 2.05) is 6.92 Å². The monoisotopic (exact) mass is 252 g/mol. The Morgan fingerprint density at radius 2 is 2.11 bits per heavy atom. The summed E-state index contributed by atoms with van der Waals surface area (Å²) in [7, 11) is 0. The Morgan fingerprint density at radius 3 is 2.67 bits per heavy atom. The van der Waals surface area contributed by atoms with Crippen molar-refractivity contribution in [1.29, 1.82) is 0 Å². The molecule has 1 N–H and O–H groups in total. The van der Waals surface area contributed by atoms with Gasteiger partial charge in [0.15, 0.2) is 11.4 Å². The lowest BCUT2D eigenvalue weighted by Gasteiger charge is -2.27. The maximum Gasteiger partial charge on any atom is 0.331 e. The van der Waals surface area contributed by atoms with Crippen molar-refractivity contribution in [3.63, 3.8) is 0 Å². The van der Waals surface area contributed by atoms with E-state index < -0.39 is 11.5 Å². The lowest BCUT2D eigenvalue weighted by Crippen LogP contribution is -2.41. The highest BCUT2D eigenvalue weighted by molar-refractivity contribution is 5.76. The molecule has 100 valence electrons. The van der Waals surface area contributed by atoms with Gasteiger partial charge >= 0.3 is 5.97 Å². The molecule has 2 rings (SSSR count). The molecule has 1 aliphatic rings. The van der Waals surface area contributed by atoms with Crippen molar-refractivity contribution in [2.24, 2.45) is 0 Å². The van der Waals surface area contributed by atoms with Crippen molar-refractivity contribution in [2.45, 2.75) is 63.8 Å². The second-order valence-electron chi connectivity index (χ2n) is 5.22. The summed E-state index contributed by atoms with van der Waals surface area (Å²) in [5, 5.41) is 21.1. The van der Waals surface area contributed by atoms with Crippen LogP contribution < -0.4 is 0 Å². The first-order valence-electron chi connectivity index (χ1n) is 6.61. The Hall–Kier alpha value is -1.46. The number of aromatic nitrogens is 4. The van der Waals surface area contributed by atoms with Crippen molar-refractivity contribution in [2.75, 3.05) is 0 Å². The first kappa shape index (κ1) is 13.0. The summed E-state index contributed by atoms with van der Waals surface area (Å²) in [4.78, 5) is 11.5. The minimum atomic E-state index is -1.05. The molecule has 0 aromatic carbocycles. The fraction of sp³-hybridized carbons (Fsp3) is 0.833. The summed E-state index contributed by atoms with van der Waals surface area (Å²) in [5.41, 5.74) is -1.05. The molecule has 1 unspecified atom stereocenters. The number of hydrogen-bond acceptors (Lipinski definition) is 4. The second-order valence-corrected chi connectivity index (χ2v) is 5.22. The fourth-order valence-electron chi connectivity index (χ4n) is 2.55. The van der Waals surface area contributed by atoms with Gasteiger partial charge in [-0.1, -0.05) is 26.2 Å². The fourth-order valence-corrected chi connectivity index (χ4v) is 2.55. The zero-order valence-corrected chi connectivity index (χ0v) is 11.0. The smallest absolute Gasteiger partial charge is 0.331 e. The highest BCUT2D eigenvalue weighted by Gasteiger charge is 2.38. The molecule has 6 heteroatoms. The largest absolute Gasteiger partial charge is 0.479 e. The molecule has 0 bridgehead atoms.